The molecule has 3 heterocycles. The minimum atomic E-state index is -0.214. The Hall–Kier alpha value is -2.60. The third-order valence-corrected chi connectivity index (χ3v) is 4.49. The van der Waals surface area contributed by atoms with E-state index in [1.165, 1.54) is 0 Å². The maximum absolute atomic E-state index is 13.0. The zero-order chi connectivity index (χ0) is 16.5. The Morgan fingerprint density at radius 3 is 2.75 bits per heavy atom. The molecule has 124 valence electrons. The molecule has 0 N–H and O–H groups in total. The van der Waals surface area contributed by atoms with Gasteiger partial charge in [-0.25, -0.2) is 9.78 Å². The van der Waals surface area contributed by atoms with E-state index in [0.29, 0.717) is 32.2 Å². The number of hydrogen-bond acceptors (Lipinski definition) is 4. The second-order valence-corrected chi connectivity index (χ2v) is 5.93. The van der Waals surface area contributed by atoms with Gasteiger partial charge in [0.2, 0.25) is 5.88 Å². The number of nitrogens with zero attached hydrogens (tertiary/aromatic N) is 3. The van der Waals surface area contributed by atoms with Crippen molar-refractivity contribution in [1.29, 1.82) is 0 Å². The summed E-state index contributed by atoms with van der Waals surface area (Å²) < 4.78 is 11.2. The number of para-hydroxylation sites is 1. The SMILES string of the molecule is CN(C(=O)N1CCOCC1)C1c2ccccc2Oc2ncccc21. The van der Waals surface area contributed by atoms with Gasteiger partial charge in [-0.3, -0.25) is 0 Å². The van der Waals surface area contributed by atoms with E-state index in [0.717, 1.165) is 16.9 Å². The van der Waals surface area contributed by atoms with Crippen LogP contribution in [0.1, 0.15) is 17.2 Å². The van der Waals surface area contributed by atoms with E-state index in [1.807, 2.05) is 48.3 Å². The summed E-state index contributed by atoms with van der Waals surface area (Å²) in [6, 6.07) is 11.4. The quantitative estimate of drug-likeness (QED) is 0.809. The minimum absolute atomic E-state index is 0.00481. The summed E-state index contributed by atoms with van der Waals surface area (Å²) >= 11 is 0. The van der Waals surface area contributed by atoms with Crippen molar-refractivity contribution < 1.29 is 14.3 Å². The highest BCUT2D eigenvalue weighted by atomic mass is 16.5. The Kier molecular flexibility index (Phi) is 3.82. The van der Waals surface area contributed by atoms with Gasteiger partial charge < -0.3 is 19.3 Å². The summed E-state index contributed by atoms with van der Waals surface area (Å²) in [5.41, 5.74) is 1.88. The summed E-state index contributed by atoms with van der Waals surface area (Å²) in [5.74, 6) is 1.30. The molecule has 1 unspecified atom stereocenters. The minimum Gasteiger partial charge on any atom is -0.438 e. The van der Waals surface area contributed by atoms with Crippen LogP contribution in [0.25, 0.3) is 0 Å². The summed E-state index contributed by atoms with van der Waals surface area (Å²) in [6.07, 6.45) is 1.70. The second kappa shape index (κ2) is 6.13. The van der Waals surface area contributed by atoms with Crippen molar-refractivity contribution in [2.45, 2.75) is 6.04 Å². The van der Waals surface area contributed by atoms with E-state index in [9.17, 15) is 4.79 Å². The van der Waals surface area contributed by atoms with Crippen molar-refractivity contribution in [3.05, 3.63) is 53.7 Å². The molecule has 1 saturated heterocycles. The zero-order valence-electron chi connectivity index (χ0n) is 13.5. The standard InChI is InChI=1S/C18H19N3O3/c1-20(18(22)21-9-11-23-12-10-21)16-13-5-2-3-7-15(13)24-17-14(16)6-4-8-19-17/h2-8,16H,9-12H2,1H3. The monoisotopic (exact) mass is 325 g/mol. The van der Waals surface area contributed by atoms with Crippen molar-refractivity contribution in [3.8, 4) is 11.6 Å². The van der Waals surface area contributed by atoms with Gasteiger partial charge in [0.05, 0.1) is 19.3 Å². The van der Waals surface area contributed by atoms with Gasteiger partial charge in [0, 0.05) is 37.5 Å². The molecule has 24 heavy (non-hydrogen) atoms. The van der Waals surface area contributed by atoms with Crippen molar-refractivity contribution >= 4 is 6.03 Å². The highest BCUT2D eigenvalue weighted by Crippen LogP contribution is 2.44. The lowest BCUT2D eigenvalue weighted by atomic mass is 9.95. The van der Waals surface area contributed by atoms with Gasteiger partial charge in [-0.15, -0.1) is 0 Å². The highest BCUT2D eigenvalue weighted by molar-refractivity contribution is 5.76. The number of morpholine rings is 1. The molecule has 0 saturated carbocycles. The fourth-order valence-corrected chi connectivity index (χ4v) is 3.27. The van der Waals surface area contributed by atoms with E-state index >= 15 is 0 Å². The molecule has 2 aliphatic rings. The average molecular weight is 325 g/mol. The van der Waals surface area contributed by atoms with Gasteiger partial charge >= 0.3 is 6.03 Å². The Bertz CT molecular complexity index is 713. The zero-order valence-corrected chi connectivity index (χ0v) is 13.5. The van der Waals surface area contributed by atoms with Crippen LogP contribution in [0, 0.1) is 0 Å². The number of carbonyl (C=O) groups excluding carboxylic acids is 1. The lowest BCUT2D eigenvalue weighted by Gasteiger charge is -2.37. The molecule has 0 radical (unpaired) electrons. The summed E-state index contributed by atoms with van der Waals surface area (Å²) in [7, 11) is 1.83. The van der Waals surface area contributed by atoms with Gasteiger partial charge in [-0.05, 0) is 18.2 Å². The number of urea groups is 1. The third-order valence-electron chi connectivity index (χ3n) is 4.49. The maximum Gasteiger partial charge on any atom is 0.320 e. The molecule has 1 fully saturated rings. The molecule has 0 aliphatic carbocycles. The van der Waals surface area contributed by atoms with Gasteiger partial charge in [0.15, 0.2) is 0 Å². The normalized spacial score (nSPS) is 19.0. The fraction of sp³-hybridized carbons (Fsp3) is 0.333. The molecule has 0 bridgehead atoms. The van der Waals surface area contributed by atoms with Gasteiger partial charge in [-0.1, -0.05) is 18.2 Å². The molecule has 2 aromatic rings. The Balaban J connectivity index is 1.72. The smallest absolute Gasteiger partial charge is 0.320 e. The topological polar surface area (TPSA) is 54.9 Å². The number of benzene rings is 1. The Morgan fingerprint density at radius 1 is 1.17 bits per heavy atom. The molecule has 4 rings (SSSR count). The van der Waals surface area contributed by atoms with Gasteiger partial charge in [0.1, 0.15) is 5.75 Å². The molecule has 1 atom stereocenters. The number of ether oxygens (including phenoxy) is 2. The second-order valence-electron chi connectivity index (χ2n) is 5.93. The lowest BCUT2D eigenvalue weighted by molar-refractivity contribution is 0.0429. The van der Waals surface area contributed by atoms with E-state index in [2.05, 4.69) is 4.98 Å². The number of fused-ring (bicyclic) bond motifs is 2. The van der Waals surface area contributed by atoms with Gasteiger partial charge in [-0.2, -0.15) is 0 Å². The number of pyridine rings is 1. The molecule has 2 amide bonds. The Labute approximate surface area is 140 Å². The first-order valence-electron chi connectivity index (χ1n) is 8.07. The van der Waals surface area contributed by atoms with E-state index in [1.54, 1.807) is 11.1 Å². The molecule has 0 spiro atoms. The summed E-state index contributed by atoms with van der Waals surface area (Å²) in [4.78, 5) is 20.9. The van der Waals surface area contributed by atoms with Gasteiger partial charge in [0.25, 0.3) is 0 Å². The predicted molar refractivity (Wildman–Crippen MR) is 88.1 cm³/mol. The molecule has 1 aromatic heterocycles. The highest BCUT2D eigenvalue weighted by Gasteiger charge is 2.34. The molecular formula is C18H19N3O3. The van der Waals surface area contributed by atoms with E-state index in [4.69, 9.17) is 9.47 Å². The van der Waals surface area contributed by atoms with Crippen LogP contribution >= 0.6 is 0 Å². The van der Waals surface area contributed by atoms with Crippen LogP contribution in [0.5, 0.6) is 11.6 Å². The number of aromatic nitrogens is 1. The lowest BCUT2D eigenvalue weighted by Crippen LogP contribution is -2.48. The predicted octanol–water partition coefficient (Wildman–Crippen LogP) is 2.66. The molecular weight excluding hydrogens is 306 g/mol. The van der Waals surface area contributed by atoms with Crippen molar-refractivity contribution in [2.75, 3.05) is 33.4 Å². The summed E-state index contributed by atoms with van der Waals surface area (Å²) in [5, 5.41) is 0. The number of carbonyl (C=O) groups is 1. The number of rotatable bonds is 1. The van der Waals surface area contributed by atoms with Crippen LogP contribution in [-0.2, 0) is 4.74 Å². The van der Waals surface area contributed by atoms with Crippen LogP contribution in [0.4, 0.5) is 4.79 Å². The van der Waals surface area contributed by atoms with Crippen molar-refractivity contribution in [3.63, 3.8) is 0 Å². The maximum atomic E-state index is 13.0. The van der Waals surface area contributed by atoms with Crippen LogP contribution in [-0.4, -0.2) is 54.2 Å². The first-order chi connectivity index (χ1) is 11.8. The van der Waals surface area contributed by atoms with Crippen LogP contribution in [0.15, 0.2) is 42.6 Å². The van der Waals surface area contributed by atoms with Crippen molar-refractivity contribution in [1.82, 2.24) is 14.8 Å². The average Bonchev–Trinajstić information content (AvgIpc) is 2.65. The van der Waals surface area contributed by atoms with Crippen LogP contribution in [0.2, 0.25) is 0 Å². The first kappa shape index (κ1) is 15.0. The van der Waals surface area contributed by atoms with Crippen LogP contribution in [0.3, 0.4) is 0 Å². The Morgan fingerprint density at radius 2 is 1.92 bits per heavy atom. The third kappa shape index (κ3) is 2.49. The van der Waals surface area contributed by atoms with E-state index < -0.39 is 0 Å². The number of hydrogen-bond donors (Lipinski definition) is 0. The molecule has 1 aromatic carbocycles. The molecule has 2 aliphatic heterocycles. The number of amides is 2. The molecule has 6 heteroatoms. The van der Waals surface area contributed by atoms with Crippen LogP contribution < -0.4 is 4.74 Å². The van der Waals surface area contributed by atoms with E-state index in [-0.39, 0.29) is 12.1 Å². The van der Waals surface area contributed by atoms with Crippen molar-refractivity contribution in [2.24, 2.45) is 0 Å². The molecule has 6 nitrogen and oxygen atoms in total. The fourth-order valence-electron chi connectivity index (χ4n) is 3.27. The summed E-state index contributed by atoms with van der Waals surface area (Å²) in [6.45, 7) is 2.41. The largest absolute Gasteiger partial charge is 0.438 e. The first-order valence-corrected chi connectivity index (χ1v) is 8.07.